The third-order valence-corrected chi connectivity index (χ3v) is 6.54. The van der Waals surface area contributed by atoms with Crippen molar-refractivity contribution in [2.24, 2.45) is 0 Å². The number of carbonyl (C=O) groups excluding carboxylic acids is 1. The number of para-hydroxylation sites is 2. The van der Waals surface area contributed by atoms with Gasteiger partial charge in [-0.05, 0) is 59.9 Å². The Labute approximate surface area is 195 Å². The molecule has 3 aromatic rings. The molecule has 3 N–H and O–H groups in total. The van der Waals surface area contributed by atoms with Gasteiger partial charge < -0.3 is 20.5 Å². The van der Waals surface area contributed by atoms with Gasteiger partial charge in [-0.3, -0.25) is 4.79 Å². The molecule has 0 fully saturated rings. The van der Waals surface area contributed by atoms with Crippen molar-refractivity contribution in [1.82, 2.24) is 0 Å². The summed E-state index contributed by atoms with van der Waals surface area (Å²) in [5.41, 5.74) is 4.76. The van der Waals surface area contributed by atoms with E-state index in [-0.39, 0.29) is 34.0 Å². The minimum atomic E-state index is -0.496. The highest BCUT2D eigenvalue weighted by Crippen LogP contribution is 2.46. The molecule has 33 heavy (non-hydrogen) atoms. The van der Waals surface area contributed by atoms with Crippen LogP contribution in [0.15, 0.2) is 71.9 Å². The van der Waals surface area contributed by atoms with Gasteiger partial charge in [0.15, 0.2) is 17.3 Å². The molecular formula is C26H22ClFN2O3. The van der Waals surface area contributed by atoms with Crippen LogP contribution in [0.25, 0.3) is 0 Å². The topological polar surface area (TPSA) is 70.6 Å². The summed E-state index contributed by atoms with van der Waals surface area (Å²) in [5, 5.41) is 17.3. The fraction of sp³-hybridized carbons (Fsp3) is 0.192. The van der Waals surface area contributed by atoms with Gasteiger partial charge in [0, 0.05) is 17.7 Å². The lowest BCUT2D eigenvalue weighted by atomic mass is 9.78. The quantitative estimate of drug-likeness (QED) is 0.432. The van der Waals surface area contributed by atoms with E-state index < -0.39 is 6.04 Å². The number of Topliss-reactive ketones (excluding diaryl/α,β-unsaturated/α-hetero) is 1. The second kappa shape index (κ2) is 8.45. The summed E-state index contributed by atoms with van der Waals surface area (Å²) in [4.78, 5) is 13.5. The largest absolute Gasteiger partial charge is 0.503 e. The summed E-state index contributed by atoms with van der Waals surface area (Å²) >= 11 is 6.28. The van der Waals surface area contributed by atoms with Crippen LogP contribution in [0.3, 0.4) is 0 Å². The average Bonchev–Trinajstić information content (AvgIpc) is 2.98. The number of hydrogen-bond donors (Lipinski definition) is 3. The Bertz CT molecular complexity index is 1270. The Morgan fingerprint density at radius 1 is 1.03 bits per heavy atom. The maximum Gasteiger partial charge on any atom is 0.176 e. The van der Waals surface area contributed by atoms with Crippen molar-refractivity contribution in [3.63, 3.8) is 0 Å². The standard InChI is InChI=1S/C26H22ClFN2O3/c1-33-23-13-16(10-18(27)26(23)32)25-24-21(29-19-4-2-3-5-20(19)30-25)11-15(12-22(24)31)14-6-8-17(28)9-7-14/h2-10,13,15,25,29-30,32H,11-12H2,1H3. The molecule has 1 heterocycles. The summed E-state index contributed by atoms with van der Waals surface area (Å²) < 4.78 is 18.7. The molecule has 5 nitrogen and oxygen atoms in total. The Balaban J connectivity index is 1.63. The second-order valence-corrected chi connectivity index (χ2v) is 8.68. The van der Waals surface area contributed by atoms with Gasteiger partial charge >= 0.3 is 0 Å². The number of anilines is 2. The summed E-state index contributed by atoms with van der Waals surface area (Å²) in [6, 6.07) is 16.9. The molecule has 7 heteroatoms. The van der Waals surface area contributed by atoms with Gasteiger partial charge in [0.25, 0.3) is 0 Å². The average molecular weight is 465 g/mol. The van der Waals surface area contributed by atoms with Gasteiger partial charge in [-0.25, -0.2) is 4.39 Å². The van der Waals surface area contributed by atoms with Gasteiger partial charge in [-0.1, -0.05) is 35.9 Å². The molecule has 5 rings (SSSR count). The zero-order valence-electron chi connectivity index (χ0n) is 17.9. The van der Waals surface area contributed by atoms with Crippen molar-refractivity contribution in [1.29, 1.82) is 0 Å². The molecule has 0 saturated heterocycles. The number of carbonyl (C=O) groups is 1. The number of aromatic hydroxyl groups is 1. The second-order valence-electron chi connectivity index (χ2n) is 8.27. The number of hydrogen-bond acceptors (Lipinski definition) is 5. The lowest BCUT2D eigenvalue weighted by Gasteiger charge is -2.30. The maximum atomic E-state index is 13.5. The van der Waals surface area contributed by atoms with E-state index in [9.17, 15) is 14.3 Å². The van der Waals surface area contributed by atoms with Crippen LogP contribution in [0.4, 0.5) is 15.8 Å². The molecule has 3 aromatic carbocycles. The van der Waals surface area contributed by atoms with Gasteiger partial charge in [-0.2, -0.15) is 0 Å². The Hall–Kier alpha value is -3.51. The van der Waals surface area contributed by atoms with E-state index in [1.54, 1.807) is 24.3 Å². The van der Waals surface area contributed by atoms with Crippen LogP contribution in [-0.2, 0) is 4.79 Å². The van der Waals surface area contributed by atoms with Crippen molar-refractivity contribution < 1.29 is 19.0 Å². The third kappa shape index (κ3) is 3.91. The molecule has 0 spiro atoms. The molecule has 1 aliphatic heterocycles. The normalized spacial score (nSPS) is 19.7. The number of methoxy groups -OCH3 is 1. The van der Waals surface area contributed by atoms with Crippen molar-refractivity contribution in [3.05, 3.63) is 93.9 Å². The van der Waals surface area contributed by atoms with Gasteiger partial charge in [0.05, 0.1) is 29.5 Å². The lowest BCUT2D eigenvalue weighted by Crippen LogP contribution is -2.27. The smallest absolute Gasteiger partial charge is 0.176 e. The van der Waals surface area contributed by atoms with Crippen LogP contribution < -0.4 is 15.4 Å². The number of benzene rings is 3. The first-order chi connectivity index (χ1) is 15.9. The molecular weight excluding hydrogens is 443 g/mol. The van der Waals surface area contributed by atoms with Crippen molar-refractivity contribution >= 4 is 28.8 Å². The molecule has 2 unspecified atom stereocenters. The zero-order chi connectivity index (χ0) is 23.1. The molecule has 0 amide bonds. The molecule has 168 valence electrons. The van der Waals surface area contributed by atoms with E-state index in [2.05, 4.69) is 10.6 Å². The van der Waals surface area contributed by atoms with Crippen LogP contribution in [0, 0.1) is 5.82 Å². The number of halogens is 2. The molecule has 2 aliphatic rings. The zero-order valence-corrected chi connectivity index (χ0v) is 18.6. The number of fused-ring (bicyclic) bond motifs is 1. The number of ketones is 1. The number of phenols is 1. The predicted octanol–water partition coefficient (Wildman–Crippen LogP) is 6.17. The third-order valence-electron chi connectivity index (χ3n) is 6.25. The van der Waals surface area contributed by atoms with Crippen molar-refractivity contribution in [3.8, 4) is 11.5 Å². The molecule has 0 saturated carbocycles. The van der Waals surface area contributed by atoms with Crippen LogP contribution in [0.5, 0.6) is 11.5 Å². The van der Waals surface area contributed by atoms with E-state index >= 15 is 0 Å². The SMILES string of the molecule is COc1cc(C2Nc3ccccc3NC3=C2C(=O)CC(c2ccc(F)cc2)C3)cc(Cl)c1O. The van der Waals surface area contributed by atoms with Gasteiger partial charge in [-0.15, -0.1) is 0 Å². The minimum Gasteiger partial charge on any atom is -0.503 e. The number of allylic oxidation sites excluding steroid dienone is 1. The first kappa shape index (κ1) is 21.3. The highest BCUT2D eigenvalue weighted by atomic mass is 35.5. The fourth-order valence-electron chi connectivity index (χ4n) is 4.63. The Kier molecular flexibility index (Phi) is 5.46. The number of nitrogens with one attached hydrogen (secondary N) is 2. The molecule has 0 bridgehead atoms. The summed E-state index contributed by atoms with van der Waals surface area (Å²) in [6.45, 7) is 0. The Morgan fingerprint density at radius 2 is 1.76 bits per heavy atom. The molecule has 2 atom stereocenters. The van der Waals surface area contributed by atoms with Crippen LogP contribution in [0.1, 0.15) is 35.9 Å². The predicted molar refractivity (Wildman–Crippen MR) is 127 cm³/mol. The maximum absolute atomic E-state index is 13.5. The van der Waals surface area contributed by atoms with Crippen LogP contribution in [0.2, 0.25) is 5.02 Å². The number of ether oxygens (including phenoxy) is 1. The van der Waals surface area contributed by atoms with E-state index in [1.165, 1.54) is 19.2 Å². The highest BCUT2D eigenvalue weighted by molar-refractivity contribution is 6.32. The highest BCUT2D eigenvalue weighted by Gasteiger charge is 2.36. The fourth-order valence-corrected chi connectivity index (χ4v) is 4.85. The monoisotopic (exact) mass is 464 g/mol. The molecule has 0 aromatic heterocycles. The van der Waals surface area contributed by atoms with Crippen molar-refractivity contribution in [2.75, 3.05) is 17.7 Å². The lowest BCUT2D eigenvalue weighted by molar-refractivity contribution is -0.116. The molecule has 0 radical (unpaired) electrons. The summed E-state index contributed by atoms with van der Waals surface area (Å²) in [6.07, 6.45) is 0.909. The first-order valence-electron chi connectivity index (χ1n) is 10.6. The summed E-state index contributed by atoms with van der Waals surface area (Å²) in [5.74, 6) is -0.278. The van der Waals surface area contributed by atoms with Crippen LogP contribution >= 0.6 is 11.6 Å². The molecule has 1 aliphatic carbocycles. The van der Waals surface area contributed by atoms with E-state index in [4.69, 9.17) is 16.3 Å². The van der Waals surface area contributed by atoms with Gasteiger partial charge in [0.1, 0.15) is 5.82 Å². The number of phenolic OH excluding ortho intramolecular Hbond substituents is 1. The summed E-state index contributed by atoms with van der Waals surface area (Å²) in [7, 11) is 1.45. The number of rotatable bonds is 3. The van der Waals surface area contributed by atoms with E-state index in [0.717, 1.165) is 22.6 Å². The van der Waals surface area contributed by atoms with Crippen molar-refractivity contribution in [2.45, 2.75) is 24.8 Å². The van der Waals surface area contributed by atoms with E-state index in [0.29, 0.717) is 24.0 Å². The van der Waals surface area contributed by atoms with Gasteiger partial charge in [0.2, 0.25) is 0 Å². The minimum absolute atomic E-state index is 0.00783. The Morgan fingerprint density at radius 3 is 2.48 bits per heavy atom. The first-order valence-corrected chi connectivity index (χ1v) is 11.0. The van der Waals surface area contributed by atoms with Crippen LogP contribution in [-0.4, -0.2) is 18.0 Å². The van der Waals surface area contributed by atoms with E-state index in [1.807, 2.05) is 24.3 Å².